The first-order chi connectivity index (χ1) is 12.8. The van der Waals surface area contributed by atoms with Crippen LogP contribution in [0, 0.1) is 10.1 Å². The Hall–Kier alpha value is -2.49. The molecule has 0 aromatic heterocycles. The molecule has 2 rings (SSSR count). The molecule has 0 saturated heterocycles. The molecule has 2 aromatic rings. The van der Waals surface area contributed by atoms with Gasteiger partial charge < -0.3 is 10.1 Å². The van der Waals surface area contributed by atoms with Gasteiger partial charge in [-0.3, -0.25) is 10.1 Å². The number of anilines is 2. The maximum Gasteiger partial charge on any atom is 0.270 e. The lowest BCUT2D eigenvalue weighted by molar-refractivity contribution is -0.385. The lowest BCUT2D eigenvalue weighted by atomic mass is 10.2. The standard InChI is InChI=1S/C18H23N3O5S/c1-4-20(5-2)27(24,25)18-12-16(21(22)23)10-11-17(18)19-15-8-6-14(7-9-15)13-26-3/h6-12,19H,4-5,13H2,1-3H3. The molecule has 9 heteroatoms. The second kappa shape index (κ2) is 8.94. The minimum Gasteiger partial charge on any atom is -0.380 e. The van der Waals surface area contributed by atoms with Gasteiger partial charge in [-0.1, -0.05) is 26.0 Å². The number of nitrogens with zero attached hydrogens (tertiary/aromatic N) is 2. The summed E-state index contributed by atoms with van der Waals surface area (Å²) in [5, 5.41) is 14.2. The van der Waals surface area contributed by atoms with Crippen molar-refractivity contribution in [2.24, 2.45) is 0 Å². The smallest absolute Gasteiger partial charge is 0.270 e. The third kappa shape index (κ3) is 4.82. The molecule has 146 valence electrons. The van der Waals surface area contributed by atoms with Crippen molar-refractivity contribution in [1.29, 1.82) is 0 Å². The van der Waals surface area contributed by atoms with Crippen LogP contribution in [0.1, 0.15) is 19.4 Å². The number of hydrogen-bond acceptors (Lipinski definition) is 6. The Bertz CT molecular complexity index is 894. The highest BCUT2D eigenvalue weighted by Crippen LogP contribution is 2.31. The fourth-order valence-corrected chi connectivity index (χ4v) is 4.28. The number of non-ortho nitro benzene ring substituents is 1. The molecule has 0 heterocycles. The van der Waals surface area contributed by atoms with Crippen LogP contribution in [0.2, 0.25) is 0 Å². The van der Waals surface area contributed by atoms with Crippen LogP contribution in [0.3, 0.4) is 0 Å². The zero-order valence-corrected chi connectivity index (χ0v) is 16.3. The van der Waals surface area contributed by atoms with Gasteiger partial charge in [-0.05, 0) is 23.8 Å². The van der Waals surface area contributed by atoms with Crippen LogP contribution in [-0.4, -0.2) is 37.8 Å². The summed E-state index contributed by atoms with van der Waals surface area (Å²) >= 11 is 0. The number of hydrogen-bond donors (Lipinski definition) is 1. The summed E-state index contributed by atoms with van der Waals surface area (Å²) in [5.41, 5.74) is 1.65. The van der Waals surface area contributed by atoms with Crippen molar-refractivity contribution in [3.05, 3.63) is 58.1 Å². The molecular weight excluding hydrogens is 370 g/mol. The predicted molar refractivity (Wildman–Crippen MR) is 104 cm³/mol. The van der Waals surface area contributed by atoms with E-state index < -0.39 is 14.9 Å². The molecule has 1 N–H and O–H groups in total. The number of sulfonamides is 1. The van der Waals surface area contributed by atoms with Crippen molar-refractivity contribution in [2.75, 3.05) is 25.5 Å². The highest BCUT2D eigenvalue weighted by molar-refractivity contribution is 7.89. The van der Waals surface area contributed by atoms with E-state index >= 15 is 0 Å². The molecule has 0 aliphatic heterocycles. The number of benzene rings is 2. The second-order valence-electron chi connectivity index (χ2n) is 5.78. The molecule has 8 nitrogen and oxygen atoms in total. The Labute approximate surface area is 159 Å². The number of methoxy groups -OCH3 is 1. The van der Waals surface area contributed by atoms with Crippen LogP contribution in [0.5, 0.6) is 0 Å². The molecule has 2 aromatic carbocycles. The summed E-state index contributed by atoms with van der Waals surface area (Å²) in [5.74, 6) is 0. The summed E-state index contributed by atoms with van der Waals surface area (Å²) < 4.78 is 32.3. The fourth-order valence-electron chi connectivity index (χ4n) is 2.65. The number of nitro benzene ring substituents is 1. The first-order valence-electron chi connectivity index (χ1n) is 8.47. The maximum absolute atomic E-state index is 13.0. The molecule has 0 radical (unpaired) electrons. The lowest BCUT2D eigenvalue weighted by Gasteiger charge is -2.21. The third-order valence-corrected chi connectivity index (χ3v) is 6.13. The summed E-state index contributed by atoms with van der Waals surface area (Å²) in [4.78, 5) is 10.4. The van der Waals surface area contributed by atoms with E-state index in [0.29, 0.717) is 12.3 Å². The van der Waals surface area contributed by atoms with E-state index in [1.54, 1.807) is 33.1 Å². The van der Waals surface area contributed by atoms with Gasteiger partial charge >= 0.3 is 0 Å². The van der Waals surface area contributed by atoms with E-state index in [0.717, 1.165) is 11.6 Å². The summed E-state index contributed by atoms with van der Waals surface area (Å²) in [7, 11) is -2.27. The average Bonchev–Trinajstić information content (AvgIpc) is 2.64. The van der Waals surface area contributed by atoms with E-state index in [2.05, 4.69) is 5.32 Å². The third-order valence-electron chi connectivity index (χ3n) is 4.04. The zero-order valence-electron chi connectivity index (χ0n) is 15.5. The number of nitrogens with one attached hydrogen (secondary N) is 1. The van der Waals surface area contributed by atoms with Crippen LogP contribution in [0.25, 0.3) is 0 Å². The Morgan fingerprint density at radius 2 is 1.74 bits per heavy atom. The maximum atomic E-state index is 13.0. The quantitative estimate of drug-likeness (QED) is 0.517. The van der Waals surface area contributed by atoms with Crippen LogP contribution >= 0.6 is 0 Å². The summed E-state index contributed by atoms with van der Waals surface area (Å²) in [6.45, 7) is 4.46. The summed E-state index contributed by atoms with van der Waals surface area (Å²) in [6.07, 6.45) is 0. The minimum absolute atomic E-state index is 0.124. The van der Waals surface area contributed by atoms with Gasteiger partial charge in [-0.25, -0.2) is 8.42 Å². The van der Waals surface area contributed by atoms with E-state index in [1.807, 2.05) is 12.1 Å². The topological polar surface area (TPSA) is 102 Å². The molecular formula is C18H23N3O5S. The molecule has 0 aliphatic carbocycles. The van der Waals surface area contributed by atoms with Crippen LogP contribution in [-0.2, 0) is 21.4 Å². The second-order valence-corrected chi connectivity index (χ2v) is 7.69. The molecule has 0 amide bonds. The summed E-state index contributed by atoms with van der Waals surface area (Å²) in [6, 6.07) is 11.1. The van der Waals surface area contributed by atoms with Crippen molar-refractivity contribution in [3.63, 3.8) is 0 Å². The Kier molecular flexibility index (Phi) is 6.89. The molecule has 0 bridgehead atoms. The SMILES string of the molecule is CCN(CC)S(=O)(=O)c1cc([N+](=O)[O-])ccc1Nc1ccc(COC)cc1. The van der Waals surface area contributed by atoms with Crippen molar-refractivity contribution in [2.45, 2.75) is 25.3 Å². The lowest BCUT2D eigenvalue weighted by Crippen LogP contribution is -2.31. The Balaban J connectivity index is 2.48. The van der Waals surface area contributed by atoms with Crippen molar-refractivity contribution in [1.82, 2.24) is 4.31 Å². The van der Waals surface area contributed by atoms with Gasteiger partial charge in [0.05, 0.1) is 17.2 Å². The van der Waals surface area contributed by atoms with Crippen LogP contribution < -0.4 is 5.32 Å². The normalized spacial score (nSPS) is 11.6. The van der Waals surface area contributed by atoms with Gasteiger partial charge in [0.25, 0.3) is 5.69 Å². The molecule has 0 atom stereocenters. The number of rotatable bonds is 9. The molecule has 0 spiro atoms. The first-order valence-corrected chi connectivity index (χ1v) is 9.91. The number of nitro groups is 1. The van der Waals surface area contributed by atoms with Gasteiger partial charge in [-0.2, -0.15) is 4.31 Å². The average molecular weight is 393 g/mol. The molecule has 0 fully saturated rings. The molecule has 0 aliphatic rings. The van der Waals surface area contributed by atoms with Gasteiger partial charge in [0.15, 0.2) is 0 Å². The fraction of sp³-hybridized carbons (Fsp3) is 0.333. The van der Waals surface area contributed by atoms with Crippen LogP contribution in [0.15, 0.2) is 47.4 Å². The van der Waals surface area contributed by atoms with Gasteiger partial charge in [0.2, 0.25) is 10.0 Å². The monoisotopic (exact) mass is 393 g/mol. The number of ether oxygens (including phenoxy) is 1. The Morgan fingerprint density at radius 3 is 2.26 bits per heavy atom. The highest BCUT2D eigenvalue weighted by atomic mass is 32.2. The van der Waals surface area contributed by atoms with E-state index in [9.17, 15) is 18.5 Å². The van der Waals surface area contributed by atoms with E-state index in [4.69, 9.17) is 4.74 Å². The first kappa shape index (κ1) is 20.8. The van der Waals surface area contributed by atoms with E-state index in [-0.39, 0.29) is 29.4 Å². The zero-order chi connectivity index (χ0) is 20.0. The largest absolute Gasteiger partial charge is 0.380 e. The molecule has 0 unspecified atom stereocenters. The Morgan fingerprint density at radius 1 is 1.11 bits per heavy atom. The van der Waals surface area contributed by atoms with Gasteiger partial charge in [-0.15, -0.1) is 0 Å². The predicted octanol–water partition coefficient (Wildman–Crippen LogP) is 3.52. The minimum atomic E-state index is -3.88. The van der Waals surface area contributed by atoms with Crippen molar-refractivity contribution >= 4 is 27.1 Å². The van der Waals surface area contributed by atoms with Gasteiger partial charge in [0, 0.05) is 38.0 Å². The van der Waals surface area contributed by atoms with Crippen LogP contribution in [0.4, 0.5) is 17.1 Å². The molecule has 0 saturated carbocycles. The van der Waals surface area contributed by atoms with Crippen molar-refractivity contribution in [3.8, 4) is 0 Å². The molecule has 27 heavy (non-hydrogen) atoms. The van der Waals surface area contributed by atoms with E-state index in [1.165, 1.54) is 16.4 Å². The highest BCUT2D eigenvalue weighted by Gasteiger charge is 2.27. The van der Waals surface area contributed by atoms with Crippen molar-refractivity contribution < 1.29 is 18.1 Å². The van der Waals surface area contributed by atoms with Gasteiger partial charge in [0.1, 0.15) is 4.90 Å².